The molecule has 0 radical (unpaired) electrons. The molecule has 1 aliphatic carbocycles. The maximum atomic E-state index is 12.7. The number of likely N-dealkylation sites (tertiary alicyclic amines) is 1. The van der Waals surface area contributed by atoms with Crippen molar-refractivity contribution in [3.8, 4) is 11.9 Å². The molecule has 1 saturated carbocycles. The van der Waals surface area contributed by atoms with Gasteiger partial charge < -0.3 is 9.64 Å². The maximum Gasteiger partial charge on any atom is 0.243 e. The molecule has 0 spiro atoms. The Morgan fingerprint density at radius 1 is 1.35 bits per heavy atom. The average molecular weight is 313 g/mol. The molecule has 122 valence electrons. The number of rotatable bonds is 3. The van der Waals surface area contributed by atoms with Crippen molar-refractivity contribution >= 4 is 5.91 Å². The van der Waals surface area contributed by atoms with Crippen LogP contribution in [0.5, 0.6) is 5.88 Å². The van der Waals surface area contributed by atoms with Gasteiger partial charge >= 0.3 is 0 Å². The fourth-order valence-corrected chi connectivity index (χ4v) is 3.59. The number of hydrogen-bond acceptors (Lipinski definition) is 4. The highest BCUT2D eigenvalue weighted by Crippen LogP contribution is 2.39. The van der Waals surface area contributed by atoms with E-state index in [1.54, 1.807) is 0 Å². The van der Waals surface area contributed by atoms with Crippen molar-refractivity contribution in [2.45, 2.75) is 51.6 Å². The van der Waals surface area contributed by atoms with E-state index >= 15 is 0 Å². The Hall–Kier alpha value is -2.09. The number of hydrogen-bond donors (Lipinski definition) is 0. The minimum absolute atomic E-state index is 0.0321. The molecule has 2 heterocycles. The zero-order chi connectivity index (χ0) is 16.3. The van der Waals surface area contributed by atoms with Crippen molar-refractivity contribution in [2.24, 2.45) is 5.41 Å². The lowest BCUT2D eigenvalue weighted by Gasteiger charge is -2.35. The maximum absolute atomic E-state index is 12.7. The van der Waals surface area contributed by atoms with Gasteiger partial charge in [0.15, 0.2) is 0 Å². The first-order chi connectivity index (χ1) is 11.1. The molecule has 0 N–H and O–H groups in total. The molecule has 0 atom stereocenters. The summed E-state index contributed by atoms with van der Waals surface area (Å²) in [6.07, 6.45) is 5.08. The molecule has 1 aromatic rings. The van der Waals surface area contributed by atoms with Gasteiger partial charge in [-0.15, -0.1) is 0 Å². The molecule has 0 unspecified atom stereocenters. The van der Waals surface area contributed by atoms with Crippen LogP contribution in [0, 0.1) is 23.7 Å². The molecular formula is C18H23N3O2. The first kappa shape index (κ1) is 15.8. The average Bonchev–Trinajstić information content (AvgIpc) is 3.05. The van der Waals surface area contributed by atoms with E-state index < -0.39 is 5.41 Å². The lowest BCUT2D eigenvalue weighted by Crippen LogP contribution is -2.47. The SMILES string of the molecule is Cc1cccc(OC2CCN(C(=O)C3(C#N)CCCC3)CC2)n1. The van der Waals surface area contributed by atoms with Crippen molar-refractivity contribution in [1.29, 1.82) is 5.26 Å². The van der Waals surface area contributed by atoms with Crippen LogP contribution in [-0.2, 0) is 4.79 Å². The number of piperidine rings is 1. The second kappa shape index (κ2) is 6.57. The summed E-state index contributed by atoms with van der Waals surface area (Å²) >= 11 is 0. The first-order valence-electron chi connectivity index (χ1n) is 8.44. The van der Waals surface area contributed by atoms with Gasteiger partial charge in [0.1, 0.15) is 11.5 Å². The minimum atomic E-state index is -0.758. The molecule has 0 bridgehead atoms. The summed E-state index contributed by atoms with van der Waals surface area (Å²) in [5.74, 6) is 0.684. The summed E-state index contributed by atoms with van der Waals surface area (Å²) in [5.41, 5.74) is 0.179. The van der Waals surface area contributed by atoms with Gasteiger partial charge in [-0.05, 0) is 25.8 Å². The van der Waals surface area contributed by atoms with Crippen LogP contribution in [0.15, 0.2) is 18.2 Å². The molecule has 5 heteroatoms. The highest BCUT2D eigenvalue weighted by molar-refractivity contribution is 5.85. The summed E-state index contributed by atoms with van der Waals surface area (Å²) in [4.78, 5) is 18.9. The Morgan fingerprint density at radius 3 is 2.65 bits per heavy atom. The molecule has 0 aromatic carbocycles. The number of aromatic nitrogens is 1. The quantitative estimate of drug-likeness (QED) is 0.860. The number of amides is 1. The zero-order valence-corrected chi connectivity index (χ0v) is 13.6. The first-order valence-corrected chi connectivity index (χ1v) is 8.44. The number of carbonyl (C=O) groups is 1. The van der Waals surface area contributed by atoms with E-state index in [2.05, 4.69) is 11.1 Å². The molecule has 1 saturated heterocycles. The van der Waals surface area contributed by atoms with Gasteiger partial charge in [-0.1, -0.05) is 18.9 Å². The van der Waals surface area contributed by atoms with Crippen molar-refractivity contribution in [1.82, 2.24) is 9.88 Å². The Kier molecular flexibility index (Phi) is 4.51. The van der Waals surface area contributed by atoms with Crippen LogP contribution in [0.2, 0.25) is 0 Å². The van der Waals surface area contributed by atoms with E-state index in [1.807, 2.05) is 30.0 Å². The Balaban J connectivity index is 1.56. The summed E-state index contributed by atoms with van der Waals surface area (Å²) in [6.45, 7) is 3.27. The number of ether oxygens (including phenoxy) is 1. The smallest absolute Gasteiger partial charge is 0.243 e. The number of nitrogens with zero attached hydrogens (tertiary/aromatic N) is 3. The van der Waals surface area contributed by atoms with Crippen LogP contribution in [0.1, 0.15) is 44.2 Å². The highest BCUT2D eigenvalue weighted by atomic mass is 16.5. The summed E-state index contributed by atoms with van der Waals surface area (Å²) in [5, 5.41) is 9.46. The third-order valence-electron chi connectivity index (χ3n) is 4.96. The van der Waals surface area contributed by atoms with Gasteiger partial charge in [0.25, 0.3) is 0 Å². The number of aryl methyl sites for hydroxylation is 1. The molecule has 1 amide bonds. The van der Waals surface area contributed by atoms with Gasteiger partial charge in [-0.2, -0.15) is 5.26 Å². The predicted octanol–water partition coefficient (Wildman–Crippen LogP) is 2.84. The van der Waals surface area contributed by atoms with Crippen molar-refractivity contribution < 1.29 is 9.53 Å². The largest absolute Gasteiger partial charge is 0.474 e. The van der Waals surface area contributed by atoms with Crippen molar-refractivity contribution in [2.75, 3.05) is 13.1 Å². The molecule has 3 rings (SSSR count). The standard InChI is InChI=1S/C18H23N3O2/c1-14-5-4-6-16(20-14)23-15-7-11-21(12-8-15)17(22)18(13-19)9-2-3-10-18/h4-6,15H,2-3,7-12H2,1H3. The molecular weight excluding hydrogens is 290 g/mol. The number of pyridine rings is 1. The fourth-order valence-electron chi connectivity index (χ4n) is 3.59. The minimum Gasteiger partial charge on any atom is -0.474 e. The van der Waals surface area contributed by atoms with Crippen LogP contribution >= 0.6 is 0 Å². The molecule has 1 aliphatic heterocycles. The molecule has 2 fully saturated rings. The monoisotopic (exact) mass is 313 g/mol. The lowest BCUT2D eigenvalue weighted by molar-refractivity contribution is -0.140. The second-order valence-electron chi connectivity index (χ2n) is 6.63. The predicted molar refractivity (Wildman–Crippen MR) is 85.7 cm³/mol. The van der Waals surface area contributed by atoms with Gasteiger partial charge in [0.2, 0.25) is 11.8 Å². The molecule has 1 aromatic heterocycles. The number of nitriles is 1. The third kappa shape index (κ3) is 3.31. The Labute approximate surface area is 137 Å². The van der Waals surface area contributed by atoms with Gasteiger partial charge in [-0.25, -0.2) is 4.98 Å². The summed E-state index contributed by atoms with van der Waals surface area (Å²) < 4.78 is 5.93. The summed E-state index contributed by atoms with van der Waals surface area (Å²) in [7, 11) is 0. The van der Waals surface area contributed by atoms with E-state index in [9.17, 15) is 10.1 Å². The van der Waals surface area contributed by atoms with Gasteiger partial charge in [0.05, 0.1) is 6.07 Å². The van der Waals surface area contributed by atoms with E-state index in [1.165, 1.54) is 0 Å². The van der Waals surface area contributed by atoms with Crippen LogP contribution in [-0.4, -0.2) is 35.0 Å². The molecule has 2 aliphatic rings. The second-order valence-corrected chi connectivity index (χ2v) is 6.63. The third-order valence-corrected chi connectivity index (χ3v) is 4.96. The lowest BCUT2D eigenvalue weighted by atomic mass is 9.85. The molecule has 5 nitrogen and oxygen atoms in total. The van der Waals surface area contributed by atoms with E-state index in [4.69, 9.17) is 4.74 Å². The van der Waals surface area contributed by atoms with E-state index in [-0.39, 0.29) is 12.0 Å². The Morgan fingerprint density at radius 2 is 2.04 bits per heavy atom. The zero-order valence-electron chi connectivity index (χ0n) is 13.6. The fraction of sp³-hybridized carbons (Fsp3) is 0.611. The number of carbonyl (C=O) groups excluding carboxylic acids is 1. The topological polar surface area (TPSA) is 66.2 Å². The van der Waals surface area contributed by atoms with Crippen molar-refractivity contribution in [3.63, 3.8) is 0 Å². The van der Waals surface area contributed by atoms with Crippen LogP contribution in [0.25, 0.3) is 0 Å². The van der Waals surface area contributed by atoms with Crippen LogP contribution < -0.4 is 4.74 Å². The molecule has 23 heavy (non-hydrogen) atoms. The Bertz CT molecular complexity index is 609. The van der Waals surface area contributed by atoms with Crippen LogP contribution in [0.4, 0.5) is 0 Å². The van der Waals surface area contributed by atoms with Crippen molar-refractivity contribution in [3.05, 3.63) is 23.9 Å². The normalized spacial score (nSPS) is 21.0. The van der Waals surface area contributed by atoms with Gasteiger partial charge in [0, 0.05) is 37.7 Å². The van der Waals surface area contributed by atoms with Gasteiger partial charge in [-0.3, -0.25) is 4.79 Å². The van der Waals surface area contributed by atoms with E-state index in [0.29, 0.717) is 31.8 Å². The highest BCUT2D eigenvalue weighted by Gasteiger charge is 2.44. The van der Waals surface area contributed by atoms with E-state index in [0.717, 1.165) is 31.4 Å². The van der Waals surface area contributed by atoms with Crippen LogP contribution in [0.3, 0.4) is 0 Å². The summed E-state index contributed by atoms with van der Waals surface area (Å²) in [6, 6.07) is 8.05.